The van der Waals surface area contributed by atoms with Gasteiger partial charge < -0.3 is 0 Å². The Morgan fingerprint density at radius 3 is 2.18 bits per heavy atom. The van der Waals surface area contributed by atoms with E-state index >= 15 is 0 Å². The van der Waals surface area contributed by atoms with Crippen LogP contribution >= 0.6 is 0 Å². The van der Waals surface area contributed by atoms with E-state index in [0.717, 1.165) is 6.42 Å². The van der Waals surface area contributed by atoms with E-state index < -0.39 is 0 Å². The lowest BCUT2D eigenvalue weighted by atomic mass is 9.94. The fourth-order valence-electron chi connectivity index (χ4n) is 0.810. The molecule has 0 amide bonds. The summed E-state index contributed by atoms with van der Waals surface area (Å²) in [6, 6.07) is 0. The van der Waals surface area contributed by atoms with Gasteiger partial charge in [0.1, 0.15) is 0 Å². The fourth-order valence-corrected chi connectivity index (χ4v) is 0.810. The molecule has 0 saturated heterocycles. The van der Waals surface area contributed by atoms with Crippen molar-refractivity contribution in [1.82, 2.24) is 0 Å². The molecule has 11 heavy (non-hydrogen) atoms. The summed E-state index contributed by atoms with van der Waals surface area (Å²) < 4.78 is 0. The first-order chi connectivity index (χ1) is 5.22. The fraction of sp³-hybridized carbons (Fsp3) is 0.636. The van der Waals surface area contributed by atoms with Gasteiger partial charge >= 0.3 is 0 Å². The van der Waals surface area contributed by atoms with Gasteiger partial charge in [-0.15, -0.1) is 23.7 Å². The molecule has 0 heteroatoms. The minimum Gasteiger partial charge on any atom is -0.107 e. The van der Waals surface area contributed by atoms with Gasteiger partial charge in [0.15, 0.2) is 0 Å². The van der Waals surface area contributed by atoms with Gasteiger partial charge in [-0.1, -0.05) is 13.8 Å². The zero-order valence-electron chi connectivity index (χ0n) is 7.86. The Morgan fingerprint density at radius 2 is 1.73 bits per heavy atom. The van der Waals surface area contributed by atoms with Crippen LogP contribution in [0.4, 0.5) is 0 Å². The van der Waals surface area contributed by atoms with Gasteiger partial charge in [0.2, 0.25) is 0 Å². The van der Waals surface area contributed by atoms with Gasteiger partial charge in [-0.3, -0.25) is 0 Å². The predicted octanol–water partition coefficient (Wildman–Crippen LogP) is 2.70. The van der Waals surface area contributed by atoms with Gasteiger partial charge in [0.05, 0.1) is 0 Å². The second kappa shape index (κ2) is 5.87. The smallest absolute Gasteiger partial charge is 0.0209 e. The van der Waals surface area contributed by atoms with Crippen LogP contribution in [0.5, 0.6) is 0 Å². The summed E-state index contributed by atoms with van der Waals surface area (Å²) in [6.45, 7) is 8.11. The van der Waals surface area contributed by atoms with Crippen molar-refractivity contribution in [2.45, 2.75) is 34.1 Å². The molecule has 60 valence electrons. The summed E-state index contributed by atoms with van der Waals surface area (Å²) in [4.78, 5) is 0. The maximum atomic E-state index is 3.14. The molecule has 2 atom stereocenters. The molecule has 0 aliphatic carbocycles. The Labute approximate surface area is 70.4 Å². The third-order valence-corrected chi connectivity index (χ3v) is 1.83. The highest BCUT2D eigenvalue weighted by Crippen LogP contribution is 2.12. The van der Waals surface area contributed by atoms with Crippen LogP contribution in [0.15, 0.2) is 0 Å². The summed E-state index contributed by atoms with van der Waals surface area (Å²) in [6.07, 6.45) is 0.965. The minimum atomic E-state index is 0.473. The molecule has 0 N–H and O–H groups in total. The normalized spacial score (nSPS) is 13.5. The molecule has 0 aliphatic heterocycles. The van der Waals surface area contributed by atoms with Crippen molar-refractivity contribution in [3.05, 3.63) is 0 Å². The van der Waals surface area contributed by atoms with Gasteiger partial charge in [0, 0.05) is 12.3 Å². The van der Waals surface area contributed by atoms with E-state index in [2.05, 4.69) is 37.5 Å². The van der Waals surface area contributed by atoms with Crippen molar-refractivity contribution in [2.75, 3.05) is 0 Å². The number of hydrogen-bond acceptors (Lipinski definition) is 0. The third kappa shape index (κ3) is 4.51. The highest BCUT2D eigenvalue weighted by molar-refractivity contribution is 5.04. The highest BCUT2D eigenvalue weighted by Gasteiger charge is 2.06. The first kappa shape index (κ1) is 10.1. The van der Waals surface area contributed by atoms with Gasteiger partial charge in [-0.05, 0) is 19.8 Å². The Bertz CT molecular complexity index is 204. The molecule has 0 aromatic carbocycles. The van der Waals surface area contributed by atoms with Crippen LogP contribution in [0.3, 0.4) is 0 Å². The average Bonchev–Trinajstić information content (AvgIpc) is 2.00. The molecular weight excluding hydrogens is 132 g/mol. The van der Waals surface area contributed by atoms with E-state index in [-0.39, 0.29) is 0 Å². The van der Waals surface area contributed by atoms with Crippen molar-refractivity contribution < 1.29 is 0 Å². The van der Waals surface area contributed by atoms with E-state index in [1.54, 1.807) is 0 Å². The van der Waals surface area contributed by atoms with Crippen LogP contribution in [0.1, 0.15) is 34.1 Å². The zero-order chi connectivity index (χ0) is 8.69. The molecule has 0 heterocycles. The first-order valence-electron chi connectivity index (χ1n) is 4.04. The quantitative estimate of drug-likeness (QED) is 0.528. The largest absolute Gasteiger partial charge is 0.107 e. The molecule has 0 fully saturated rings. The summed E-state index contributed by atoms with van der Waals surface area (Å²) in [5, 5.41) is 0. The summed E-state index contributed by atoms with van der Waals surface area (Å²) >= 11 is 0. The summed E-state index contributed by atoms with van der Waals surface area (Å²) in [5.41, 5.74) is 0. The van der Waals surface area contributed by atoms with Crippen molar-refractivity contribution in [2.24, 2.45) is 11.8 Å². The highest BCUT2D eigenvalue weighted by atomic mass is 14.1. The Morgan fingerprint density at radius 1 is 1.09 bits per heavy atom. The van der Waals surface area contributed by atoms with Crippen molar-refractivity contribution >= 4 is 0 Å². The van der Waals surface area contributed by atoms with Gasteiger partial charge in [-0.25, -0.2) is 0 Å². The second-order valence-corrected chi connectivity index (χ2v) is 2.79. The Hall–Kier alpha value is -0.880. The lowest BCUT2D eigenvalue weighted by Gasteiger charge is -2.10. The third-order valence-electron chi connectivity index (χ3n) is 1.83. The molecule has 0 bridgehead atoms. The van der Waals surface area contributed by atoms with E-state index in [0.29, 0.717) is 11.8 Å². The van der Waals surface area contributed by atoms with E-state index in [1.807, 2.05) is 13.8 Å². The molecule has 0 nitrogen and oxygen atoms in total. The zero-order valence-corrected chi connectivity index (χ0v) is 7.86. The van der Waals surface area contributed by atoms with Crippen molar-refractivity contribution in [1.29, 1.82) is 0 Å². The van der Waals surface area contributed by atoms with Crippen LogP contribution in [0, 0.1) is 35.5 Å². The predicted molar refractivity (Wildman–Crippen MR) is 49.8 cm³/mol. The molecule has 0 aliphatic rings. The summed E-state index contributed by atoms with van der Waals surface area (Å²) in [7, 11) is 0. The molecule has 0 radical (unpaired) electrons. The molecule has 0 aromatic heterocycles. The van der Waals surface area contributed by atoms with Crippen LogP contribution in [0.25, 0.3) is 0 Å². The van der Waals surface area contributed by atoms with Gasteiger partial charge in [0.25, 0.3) is 0 Å². The molecule has 0 spiro atoms. The lowest BCUT2D eigenvalue weighted by molar-refractivity contribution is 0.485. The van der Waals surface area contributed by atoms with Crippen molar-refractivity contribution in [3.8, 4) is 23.7 Å². The van der Waals surface area contributed by atoms with E-state index in [4.69, 9.17) is 0 Å². The van der Waals surface area contributed by atoms with Crippen molar-refractivity contribution in [3.63, 3.8) is 0 Å². The van der Waals surface area contributed by atoms with Crippen LogP contribution in [0.2, 0.25) is 0 Å². The van der Waals surface area contributed by atoms with E-state index in [9.17, 15) is 0 Å². The molecular formula is C11H16. The minimum absolute atomic E-state index is 0.473. The number of rotatable bonds is 2. The molecule has 0 saturated carbocycles. The molecule has 0 rings (SSSR count). The molecule has 0 unspecified atom stereocenters. The van der Waals surface area contributed by atoms with Crippen LogP contribution < -0.4 is 0 Å². The monoisotopic (exact) mass is 148 g/mol. The standard InChI is InChI=1S/C11H16/c1-5-7-9-11(4)10(3)8-6-2/h10-11H,9H2,1-4H3/t10-,11-/m1/s1. The first-order valence-corrected chi connectivity index (χ1v) is 4.04. The molecule has 0 aromatic rings. The topological polar surface area (TPSA) is 0 Å². The van der Waals surface area contributed by atoms with Crippen LogP contribution in [-0.4, -0.2) is 0 Å². The Balaban J connectivity index is 3.85. The average molecular weight is 148 g/mol. The van der Waals surface area contributed by atoms with Gasteiger partial charge in [-0.2, -0.15) is 0 Å². The SMILES string of the molecule is CC#CC[C@@H](C)[C@H](C)C#CC. The lowest BCUT2D eigenvalue weighted by Crippen LogP contribution is -2.04. The maximum Gasteiger partial charge on any atom is 0.0209 e. The van der Waals surface area contributed by atoms with Crippen LogP contribution in [-0.2, 0) is 0 Å². The summed E-state index contributed by atoms with van der Waals surface area (Å²) in [5.74, 6) is 13.1. The second-order valence-electron chi connectivity index (χ2n) is 2.79. The Kier molecular flexibility index (Phi) is 5.40. The maximum absolute atomic E-state index is 3.14. The van der Waals surface area contributed by atoms with E-state index in [1.165, 1.54) is 0 Å². The number of hydrogen-bond donors (Lipinski definition) is 0.